The van der Waals surface area contributed by atoms with Gasteiger partial charge in [0.25, 0.3) is 0 Å². The summed E-state index contributed by atoms with van der Waals surface area (Å²) in [7, 11) is 0. The first kappa shape index (κ1) is 16.0. The Balaban J connectivity index is 2.06. The molecule has 1 saturated carbocycles. The van der Waals surface area contributed by atoms with E-state index >= 15 is 0 Å². The van der Waals surface area contributed by atoms with Crippen molar-refractivity contribution in [3.8, 4) is 5.88 Å². The first-order valence-electron chi connectivity index (χ1n) is 8.18. The first-order chi connectivity index (χ1) is 10.3. The van der Waals surface area contributed by atoms with Crippen molar-refractivity contribution < 1.29 is 9.47 Å². The summed E-state index contributed by atoms with van der Waals surface area (Å²) >= 11 is 0. The molecule has 1 aliphatic carbocycles. The van der Waals surface area contributed by atoms with Gasteiger partial charge in [-0.05, 0) is 39.5 Å². The molecule has 2 rings (SSSR count). The zero-order valence-corrected chi connectivity index (χ0v) is 13.2. The quantitative estimate of drug-likeness (QED) is 0.779. The lowest BCUT2D eigenvalue weighted by Crippen LogP contribution is -2.17. The van der Waals surface area contributed by atoms with Crippen LogP contribution in [0.2, 0.25) is 0 Å². The number of anilines is 1. The number of hydrogen-bond acceptors (Lipinski definition) is 5. The molecular formula is C16H27N3O2. The van der Waals surface area contributed by atoms with E-state index in [1.165, 1.54) is 25.7 Å². The molecule has 0 aromatic carbocycles. The second kappa shape index (κ2) is 8.82. The Morgan fingerprint density at radius 1 is 1.14 bits per heavy atom. The molecule has 1 aromatic rings. The highest BCUT2D eigenvalue weighted by molar-refractivity contribution is 5.38. The van der Waals surface area contributed by atoms with Gasteiger partial charge in [-0.25, -0.2) is 4.98 Å². The van der Waals surface area contributed by atoms with Crippen LogP contribution in [0.4, 0.5) is 5.82 Å². The molecule has 5 heteroatoms. The minimum absolute atomic E-state index is 0.289. The van der Waals surface area contributed by atoms with Crippen molar-refractivity contribution in [1.82, 2.24) is 9.97 Å². The SMILES string of the molecule is CCNc1cc(OC2CCCCCC2)nc(COCC)n1. The molecule has 1 heterocycles. The number of nitrogens with one attached hydrogen (secondary N) is 1. The lowest BCUT2D eigenvalue weighted by atomic mass is 10.1. The predicted octanol–water partition coefficient (Wildman–Crippen LogP) is 3.55. The molecular weight excluding hydrogens is 266 g/mol. The Labute approximate surface area is 127 Å². The van der Waals surface area contributed by atoms with E-state index in [1.54, 1.807) is 0 Å². The maximum atomic E-state index is 6.10. The van der Waals surface area contributed by atoms with E-state index in [1.807, 2.05) is 13.0 Å². The van der Waals surface area contributed by atoms with Crippen LogP contribution in [0.25, 0.3) is 0 Å². The van der Waals surface area contributed by atoms with Crippen molar-refractivity contribution in [2.45, 2.75) is 65.1 Å². The highest BCUT2D eigenvalue weighted by Gasteiger charge is 2.15. The van der Waals surface area contributed by atoms with Gasteiger partial charge in [0, 0.05) is 19.2 Å². The maximum absolute atomic E-state index is 6.10. The summed E-state index contributed by atoms with van der Waals surface area (Å²) in [5, 5.41) is 3.23. The van der Waals surface area contributed by atoms with Gasteiger partial charge in [-0.3, -0.25) is 0 Å². The second-order valence-electron chi connectivity index (χ2n) is 5.41. The fourth-order valence-electron chi connectivity index (χ4n) is 2.59. The zero-order chi connectivity index (χ0) is 14.9. The highest BCUT2D eigenvalue weighted by atomic mass is 16.5. The van der Waals surface area contributed by atoms with Crippen LogP contribution in [0.5, 0.6) is 5.88 Å². The van der Waals surface area contributed by atoms with Gasteiger partial charge in [0.05, 0.1) is 0 Å². The fraction of sp³-hybridized carbons (Fsp3) is 0.750. The largest absolute Gasteiger partial charge is 0.474 e. The van der Waals surface area contributed by atoms with Crippen molar-refractivity contribution >= 4 is 5.82 Å². The summed E-state index contributed by atoms with van der Waals surface area (Å²) in [6.45, 7) is 5.94. The third kappa shape index (κ3) is 5.50. The van der Waals surface area contributed by atoms with E-state index < -0.39 is 0 Å². The van der Waals surface area contributed by atoms with Crippen molar-refractivity contribution in [2.24, 2.45) is 0 Å². The summed E-state index contributed by atoms with van der Waals surface area (Å²) in [5.74, 6) is 2.16. The highest BCUT2D eigenvalue weighted by Crippen LogP contribution is 2.23. The molecule has 0 saturated heterocycles. The van der Waals surface area contributed by atoms with E-state index in [-0.39, 0.29) is 6.10 Å². The van der Waals surface area contributed by atoms with Gasteiger partial charge in [-0.15, -0.1) is 0 Å². The van der Waals surface area contributed by atoms with E-state index in [9.17, 15) is 0 Å². The molecule has 0 spiro atoms. The van der Waals surface area contributed by atoms with Gasteiger partial charge in [0.1, 0.15) is 18.5 Å². The minimum Gasteiger partial charge on any atom is -0.474 e. The predicted molar refractivity (Wildman–Crippen MR) is 83.6 cm³/mol. The van der Waals surface area contributed by atoms with E-state index in [0.29, 0.717) is 24.9 Å². The molecule has 1 aromatic heterocycles. The number of rotatable bonds is 7. The summed E-state index contributed by atoms with van der Waals surface area (Å²) < 4.78 is 11.5. The van der Waals surface area contributed by atoms with E-state index in [4.69, 9.17) is 9.47 Å². The molecule has 0 bridgehead atoms. The Bertz CT molecular complexity index is 418. The molecule has 0 aliphatic heterocycles. The van der Waals surface area contributed by atoms with Crippen molar-refractivity contribution in [3.05, 3.63) is 11.9 Å². The Kier molecular flexibility index (Phi) is 6.73. The average Bonchev–Trinajstić information content (AvgIpc) is 2.74. The van der Waals surface area contributed by atoms with Gasteiger partial charge in [-0.2, -0.15) is 4.98 Å². The molecule has 0 atom stereocenters. The van der Waals surface area contributed by atoms with Crippen LogP contribution in [-0.4, -0.2) is 29.2 Å². The smallest absolute Gasteiger partial charge is 0.219 e. The normalized spacial score (nSPS) is 16.5. The maximum Gasteiger partial charge on any atom is 0.219 e. The average molecular weight is 293 g/mol. The molecule has 1 N–H and O–H groups in total. The Hall–Kier alpha value is -1.36. The molecule has 0 radical (unpaired) electrons. The van der Waals surface area contributed by atoms with Crippen LogP contribution in [0.1, 0.15) is 58.2 Å². The van der Waals surface area contributed by atoms with Gasteiger partial charge in [0.15, 0.2) is 5.82 Å². The topological polar surface area (TPSA) is 56.3 Å². The third-order valence-corrected chi connectivity index (χ3v) is 3.63. The summed E-state index contributed by atoms with van der Waals surface area (Å²) in [6, 6.07) is 1.89. The van der Waals surface area contributed by atoms with Crippen LogP contribution in [-0.2, 0) is 11.3 Å². The summed E-state index contributed by atoms with van der Waals surface area (Å²) in [4.78, 5) is 8.92. The molecule has 1 aliphatic rings. The zero-order valence-electron chi connectivity index (χ0n) is 13.2. The molecule has 0 unspecified atom stereocenters. The van der Waals surface area contributed by atoms with Crippen molar-refractivity contribution in [1.29, 1.82) is 0 Å². The van der Waals surface area contributed by atoms with Gasteiger partial charge in [-0.1, -0.05) is 12.8 Å². The van der Waals surface area contributed by atoms with Crippen LogP contribution >= 0.6 is 0 Å². The van der Waals surface area contributed by atoms with Gasteiger partial charge in [0.2, 0.25) is 5.88 Å². The number of ether oxygens (including phenoxy) is 2. The number of hydrogen-bond donors (Lipinski definition) is 1. The van der Waals surface area contributed by atoms with Crippen LogP contribution in [0, 0.1) is 0 Å². The Morgan fingerprint density at radius 3 is 2.57 bits per heavy atom. The number of aromatic nitrogens is 2. The second-order valence-corrected chi connectivity index (χ2v) is 5.41. The van der Waals surface area contributed by atoms with Gasteiger partial charge >= 0.3 is 0 Å². The lowest BCUT2D eigenvalue weighted by Gasteiger charge is -2.17. The number of nitrogens with zero attached hydrogens (tertiary/aromatic N) is 2. The van der Waals surface area contributed by atoms with Gasteiger partial charge < -0.3 is 14.8 Å². The molecule has 0 amide bonds. The van der Waals surface area contributed by atoms with E-state index in [2.05, 4.69) is 22.2 Å². The summed E-state index contributed by atoms with van der Waals surface area (Å²) in [6.07, 6.45) is 7.69. The standard InChI is InChI=1S/C16H27N3O2/c1-3-17-14-11-16(19-15(18-14)12-20-4-2)21-13-9-7-5-6-8-10-13/h11,13H,3-10,12H2,1-2H3,(H,17,18,19). The molecule has 21 heavy (non-hydrogen) atoms. The van der Waals surface area contributed by atoms with Crippen molar-refractivity contribution in [3.63, 3.8) is 0 Å². The minimum atomic E-state index is 0.289. The van der Waals surface area contributed by atoms with Crippen LogP contribution in [0.15, 0.2) is 6.07 Å². The van der Waals surface area contributed by atoms with Crippen LogP contribution in [0.3, 0.4) is 0 Å². The first-order valence-corrected chi connectivity index (χ1v) is 8.18. The van der Waals surface area contributed by atoms with E-state index in [0.717, 1.165) is 25.2 Å². The molecule has 118 valence electrons. The lowest BCUT2D eigenvalue weighted by molar-refractivity contribution is 0.125. The summed E-state index contributed by atoms with van der Waals surface area (Å²) in [5.41, 5.74) is 0. The monoisotopic (exact) mass is 293 g/mol. The fourth-order valence-corrected chi connectivity index (χ4v) is 2.59. The van der Waals surface area contributed by atoms with Crippen molar-refractivity contribution in [2.75, 3.05) is 18.5 Å². The van der Waals surface area contributed by atoms with Crippen LogP contribution < -0.4 is 10.1 Å². The Morgan fingerprint density at radius 2 is 1.90 bits per heavy atom. The third-order valence-electron chi connectivity index (χ3n) is 3.63. The molecule has 5 nitrogen and oxygen atoms in total. The molecule has 1 fully saturated rings.